The maximum absolute atomic E-state index is 6.31. The fraction of sp³-hybridized carbons (Fsp3) is 0.714. The highest BCUT2D eigenvalue weighted by Crippen LogP contribution is 2.33. The van der Waals surface area contributed by atoms with Crippen molar-refractivity contribution in [3.05, 3.63) is 16.5 Å². The number of ether oxygens (including phenoxy) is 1. The van der Waals surface area contributed by atoms with Crippen LogP contribution in [0.1, 0.15) is 37.1 Å². The fourth-order valence-electron chi connectivity index (χ4n) is 3.11. The van der Waals surface area contributed by atoms with E-state index in [1.54, 1.807) is 0 Å². The van der Waals surface area contributed by atoms with Crippen LogP contribution in [0.15, 0.2) is 0 Å². The topological polar surface area (TPSA) is 38.2 Å². The minimum Gasteiger partial charge on any atom is -0.374 e. The molecule has 104 valence electrons. The van der Waals surface area contributed by atoms with Crippen LogP contribution in [0.2, 0.25) is 5.15 Å². The lowest BCUT2D eigenvalue weighted by Gasteiger charge is -2.44. The van der Waals surface area contributed by atoms with E-state index < -0.39 is 0 Å². The fourth-order valence-corrected chi connectivity index (χ4v) is 3.38. The van der Waals surface area contributed by atoms with Gasteiger partial charge in [-0.1, -0.05) is 24.4 Å². The number of aryl methyl sites for hydroxylation is 2. The average Bonchev–Trinajstić information content (AvgIpc) is 2.42. The number of anilines is 1. The molecule has 0 radical (unpaired) electrons. The van der Waals surface area contributed by atoms with E-state index in [1.807, 2.05) is 13.8 Å². The lowest BCUT2D eigenvalue weighted by Crippen LogP contribution is -2.53. The van der Waals surface area contributed by atoms with E-state index in [1.165, 1.54) is 12.8 Å². The van der Waals surface area contributed by atoms with Crippen LogP contribution in [0.5, 0.6) is 0 Å². The second-order valence-electron chi connectivity index (χ2n) is 5.46. The van der Waals surface area contributed by atoms with E-state index in [-0.39, 0.29) is 0 Å². The van der Waals surface area contributed by atoms with Crippen LogP contribution in [0.25, 0.3) is 0 Å². The van der Waals surface area contributed by atoms with Crippen molar-refractivity contribution in [2.45, 2.75) is 51.7 Å². The number of morpholine rings is 1. The predicted octanol–water partition coefficient (Wildman–Crippen LogP) is 2.89. The Morgan fingerprint density at radius 1 is 1.16 bits per heavy atom. The molecule has 1 aliphatic heterocycles. The van der Waals surface area contributed by atoms with E-state index in [9.17, 15) is 0 Å². The lowest BCUT2D eigenvalue weighted by atomic mass is 9.90. The summed E-state index contributed by atoms with van der Waals surface area (Å²) in [4.78, 5) is 11.4. The first-order valence-electron chi connectivity index (χ1n) is 7.06. The molecule has 0 spiro atoms. The summed E-state index contributed by atoms with van der Waals surface area (Å²) >= 11 is 6.31. The van der Waals surface area contributed by atoms with Gasteiger partial charge < -0.3 is 9.64 Å². The monoisotopic (exact) mass is 281 g/mol. The van der Waals surface area contributed by atoms with Crippen molar-refractivity contribution in [3.8, 4) is 0 Å². The normalized spacial score (nSPS) is 27.2. The van der Waals surface area contributed by atoms with E-state index in [2.05, 4.69) is 14.9 Å². The molecular formula is C14H20ClN3O. The second-order valence-corrected chi connectivity index (χ2v) is 5.82. The molecule has 1 saturated carbocycles. The first-order chi connectivity index (χ1) is 9.16. The average molecular weight is 282 g/mol. The molecule has 0 aromatic carbocycles. The second kappa shape index (κ2) is 5.25. The molecule has 19 heavy (non-hydrogen) atoms. The summed E-state index contributed by atoms with van der Waals surface area (Å²) in [5.74, 6) is 0.838. The van der Waals surface area contributed by atoms with Crippen LogP contribution in [0.3, 0.4) is 0 Å². The predicted molar refractivity (Wildman–Crippen MR) is 75.9 cm³/mol. The molecule has 2 atom stereocenters. The largest absolute Gasteiger partial charge is 0.374 e. The zero-order chi connectivity index (χ0) is 13.4. The quantitative estimate of drug-likeness (QED) is 0.793. The SMILES string of the molecule is Cc1nc(Cl)c(N2CCOC3CCCCC32)nc1C. The molecule has 5 heteroatoms. The van der Waals surface area contributed by atoms with Crippen LogP contribution < -0.4 is 4.90 Å². The van der Waals surface area contributed by atoms with Crippen LogP contribution in [0, 0.1) is 13.8 Å². The van der Waals surface area contributed by atoms with Gasteiger partial charge in [0.15, 0.2) is 11.0 Å². The summed E-state index contributed by atoms with van der Waals surface area (Å²) < 4.78 is 5.89. The molecule has 1 aromatic heterocycles. The highest BCUT2D eigenvalue weighted by Gasteiger charge is 2.36. The van der Waals surface area contributed by atoms with Crippen molar-refractivity contribution < 1.29 is 4.74 Å². The van der Waals surface area contributed by atoms with Gasteiger partial charge in [0, 0.05) is 6.54 Å². The van der Waals surface area contributed by atoms with E-state index in [0.717, 1.165) is 43.2 Å². The Labute approximate surface area is 119 Å². The van der Waals surface area contributed by atoms with Gasteiger partial charge in [-0.2, -0.15) is 0 Å². The molecule has 0 amide bonds. The summed E-state index contributed by atoms with van der Waals surface area (Å²) in [6.07, 6.45) is 5.17. The van der Waals surface area contributed by atoms with Crippen molar-refractivity contribution in [1.29, 1.82) is 0 Å². The highest BCUT2D eigenvalue weighted by atomic mass is 35.5. The van der Waals surface area contributed by atoms with Crippen LogP contribution in [0.4, 0.5) is 5.82 Å². The zero-order valence-corrected chi connectivity index (χ0v) is 12.3. The molecule has 1 aliphatic carbocycles. The molecule has 4 nitrogen and oxygen atoms in total. The molecule has 0 N–H and O–H groups in total. The number of fused-ring (bicyclic) bond motifs is 1. The summed E-state index contributed by atoms with van der Waals surface area (Å²) in [5, 5.41) is 0.523. The minimum absolute atomic E-state index is 0.335. The van der Waals surface area contributed by atoms with Crippen molar-refractivity contribution in [3.63, 3.8) is 0 Å². The molecule has 3 rings (SSSR count). The molecule has 1 aromatic rings. The number of rotatable bonds is 1. The van der Waals surface area contributed by atoms with Gasteiger partial charge in [0.25, 0.3) is 0 Å². The Morgan fingerprint density at radius 3 is 2.74 bits per heavy atom. The molecular weight excluding hydrogens is 262 g/mol. The van der Waals surface area contributed by atoms with Gasteiger partial charge in [-0.05, 0) is 26.7 Å². The molecule has 2 unspecified atom stereocenters. The molecule has 2 fully saturated rings. The van der Waals surface area contributed by atoms with Gasteiger partial charge in [0.2, 0.25) is 0 Å². The van der Waals surface area contributed by atoms with Crippen LogP contribution in [-0.2, 0) is 4.74 Å². The Morgan fingerprint density at radius 2 is 1.89 bits per heavy atom. The highest BCUT2D eigenvalue weighted by molar-refractivity contribution is 6.31. The third-order valence-electron chi connectivity index (χ3n) is 4.25. The third-order valence-corrected chi connectivity index (χ3v) is 4.51. The standard InChI is InChI=1S/C14H20ClN3O/c1-9-10(2)17-14(13(15)16-9)18-7-8-19-12-6-4-3-5-11(12)18/h11-12H,3-8H2,1-2H3. The molecule has 2 heterocycles. The van der Waals surface area contributed by atoms with Crippen molar-refractivity contribution in [2.75, 3.05) is 18.1 Å². The summed E-state index contributed by atoms with van der Waals surface area (Å²) in [6, 6.07) is 0.413. The van der Waals surface area contributed by atoms with Crippen molar-refractivity contribution in [1.82, 2.24) is 9.97 Å². The zero-order valence-electron chi connectivity index (χ0n) is 11.5. The van der Waals surface area contributed by atoms with Gasteiger partial charge in [0.1, 0.15) is 0 Å². The van der Waals surface area contributed by atoms with E-state index >= 15 is 0 Å². The summed E-state index contributed by atoms with van der Waals surface area (Å²) in [7, 11) is 0. The van der Waals surface area contributed by atoms with Crippen molar-refractivity contribution >= 4 is 17.4 Å². The number of nitrogens with zero attached hydrogens (tertiary/aromatic N) is 3. The number of hydrogen-bond donors (Lipinski definition) is 0. The maximum Gasteiger partial charge on any atom is 0.171 e. The maximum atomic E-state index is 6.31. The van der Waals surface area contributed by atoms with E-state index in [4.69, 9.17) is 16.3 Å². The van der Waals surface area contributed by atoms with Gasteiger partial charge in [-0.3, -0.25) is 0 Å². The van der Waals surface area contributed by atoms with Gasteiger partial charge in [-0.15, -0.1) is 0 Å². The minimum atomic E-state index is 0.335. The summed E-state index contributed by atoms with van der Waals surface area (Å²) in [5.41, 5.74) is 1.86. The van der Waals surface area contributed by atoms with Crippen LogP contribution in [-0.4, -0.2) is 35.3 Å². The Bertz CT molecular complexity index is 478. The summed E-state index contributed by atoms with van der Waals surface area (Å²) in [6.45, 7) is 5.55. The van der Waals surface area contributed by atoms with Crippen LogP contribution >= 0.6 is 11.6 Å². The van der Waals surface area contributed by atoms with Crippen molar-refractivity contribution in [2.24, 2.45) is 0 Å². The van der Waals surface area contributed by atoms with Gasteiger partial charge in [0.05, 0.1) is 30.1 Å². The smallest absolute Gasteiger partial charge is 0.171 e. The Hall–Kier alpha value is -0.870. The van der Waals surface area contributed by atoms with E-state index in [0.29, 0.717) is 17.3 Å². The van der Waals surface area contributed by atoms with Gasteiger partial charge in [-0.25, -0.2) is 9.97 Å². The Kier molecular flexibility index (Phi) is 3.63. The Balaban J connectivity index is 1.93. The number of hydrogen-bond acceptors (Lipinski definition) is 4. The number of aromatic nitrogens is 2. The first kappa shape index (κ1) is 13.1. The first-order valence-corrected chi connectivity index (χ1v) is 7.43. The number of halogens is 1. The molecule has 0 bridgehead atoms. The molecule has 2 aliphatic rings. The van der Waals surface area contributed by atoms with Gasteiger partial charge >= 0.3 is 0 Å². The molecule has 1 saturated heterocycles. The third kappa shape index (κ3) is 2.43. The lowest BCUT2D eigenvalue weighted by molar-refractivity contribution is -0.00901.